The second-order valence-corrected chi connectivity index (χ2v) is 6.41. The molecule has 0 amide bonds. The lowest BCUT2D eigenvalue weighted by atomic mass is 10.0. The van der Waals surface area contributed by atoms with Crippen LogP contribution in [-0.2, 0) is 9.53 Å². The van der Waals surface area contributed by atoms with Crippen LogP contribution in [0.4, 0.5) is 0 Å². The van der Waals surface area contributed by atoms with Gasteiger partial charge in [-0.1, -0.05) is 25.5 Å². The predicted octanol–water partition coefficient (Wildman–Crippen LogP) is 4.35. The molecule has 0 aliphatic heterocycles. The number of ether oxygens (including phenoxy) is 1. The molecule has 18 heavy (non-hydrogen) atoms. The van der Waals surface area contributed by atoms with Crippen molar-refractivity contribution in [2.24, 2.45) is 17.3 Å². The molecule has 104 valence electrons. The summed E-state index contributed by atoms with van der Waals surface area (Å²) in [6.07, 6.45) is 6.55. The van der Waals surface area contributed by atoms with E-state index in [0.717, 1.165) is 19.3 Å². The first-order valence-electron chi connectivity index (χ1n) is 7.17. The second-order valence-electron chi connectivity index (χ2n) is 6.41. The fourth-order valence-corrected chi connectivity index (χ4v) is 2.18. The lowest BCUT2D eigenvalue weighted by Gasteiger charge is -2.13. The van der Waals surface area contributed by atoms with Crippen molar-refractivity contribution in [3.8, 4) is 0 Å². The van der Waals surface area contributed by atoms with E-state index in [0.29, 0.717) is 18.4 Å². The quantitative estimate of drug-likeness (QED) is 0.497. The van der Waals surface area contributed by atoms with E-state index in [2.05, 4.69) is 33.8 Å². The van der Waals surface area contributed by atoms with Crippen LogP contribution in [0.2, 0.25) is 0 Å². The van der Waals surface area contributed by atoms with Crippen molar-refractivity contribution in [3.05, 3.63) is 11.6 Å². The van der Waals surface area contributed by atoms with E-state index in [4.69, 9.17) is 4.74 Å². The van der Waals surface area contributed by atoms with Gasteiger partial charge < -0.3 is 4.74 Å². The van der Waals surface area contributed by atoms with Crippen molar-refractivity contribution in [1.82, 2.24) is 0 Å². The van der Waals surface area contributed by atoms with Crippen molar-refractivity contribution >= 4 is 5.97 Å². The highest BCUT2D eigenvalue weighted by Crippen LogP contribution is 2.52. The third-order valence-corrected chi connectivity index (χ3v) is 4.18. The minimum atomic E-state index is -0.175. The number of hydrogen-bond acceptors (Lipinski definition) is 2. The summed E-state index contributed by atoms with van der Waals surface area (Å²) >= 11 is 0. The molecule has 0 aromatic carbocycles. The maximum absolute atomic E-state index is 11.8. The Hall–Kier alpha value is -0.790. The van der Waals surface area contributed by atoms with E-state index < -0.39 is 0 Å². The standard InChI is InChI=1S/C16H28O2/c1-12(2)7-6-8-13(3)9-10-18-15(17)16(5)11-14(16)4/h7,13-14H,6,8-11H2,1-5H3/t13?,14-,16-/m1/s1. The summed E-state index contributed by atoms with van der Waals surface area (Å²) in [6, 6.07) is 0. The van der Waals surface area contributed by atoms with Crippen LogP contribution in [0.5, 0.6) is 0 Å². The van der Waals surface area contributed by atoms with Gasteiger partial charge in [0, 0.05) is 0 Å². The largest absolute Gasteiger partial charge is 0.465 e. The van der Waals surface area contributed by atoms with Crippen molar-refractivity contribution in [1.29, 1.82) is 0 Å². The topological polar surface area (TPSA) is 26.3 Å². The zero-order chi connectivity index (χ0) is 13.8. The van der Waals surface area contributed by atoms with E-state index in [9.17, 15) is 4.79 Å². The molecule has 0 radical (unpaired) electrons. The minimum absolute atomic E-state index is 0.00602. The summed E-state index contributed by atoms with van der Waals surface area (Å²) in [5.74, 6) is 1.13. The molecule has 0 spiro atoms. The SMILES string of the molecule is CC(C)=CCCC(C)CCOC(=O)[C@]1(C)C[C@H]1C. The smallest absolute Gasteiger partial charge is 0.312 e. The number of carbonyl (C=O) groups excluding carboxylic acids is 1. The van der Waals surface area contributed by atoms with Crippen LogP contribution in [0.25, 0.3) is 0 Å². The molecule has 0 aromatic rings. The van der Waals surface area contributed by atoms with Crippen LogP contribution in [0, 0.1) is 17.3 Å². The summed E-state index contributed by atoms with van der Waals surface area (Å²) < 4.78 is 5.38. The normalized spacial score (nSPS) is 27.5. The number of rotatable bonds is 7. The maximum atomic E-state index is 11.8. The first kappa shape index (κ1) is 15.3. The molecule has 1 aliphatic carbocycles. The van der Waals surface area contributed by atoms with Gasteiger partial charge in [0.2, 0.25) is 0 Å². The average molecular weight is 252 g/mol. The lowest BCUT2D eigenvalue weighted by molar-refractivity contribution is -0.150. The van der Waals surface area contributed by atoms with E-state index >= 15 is 0 Å². The first-order chi connectivity index (χ1) is 8.36. The number of allylic oxidation sites excluding steroid dienone is 2. The van der Waals surface area contributed by atoms with Gasteiger partial charge in [-0.05, 0) is 58.3 Å². The third kappa shape index (κ3) is 4.47. The molecule has 0 bridgehead atoms. The molecule has 1 aliphatic rings. The molecular weight excluding hydrogens is 224 g/mol. The van der Waals surface area contributed by atoms with Gasteiger partial charge in [0.15, 0.2) is 0 Å². The van der Waals surface area contributed by atoms with Crippen molar-refractivity contribution in [2.75, 3.05) is 6.61 Å². The molecule has 0 N–H and O–H groups in total. The Morgan fingerprint density at radius 2 is 2.06 bits per heavy atom. The van der Waals surface area contributed by atoms with Gasteiger partial charge in [0.05, 0.1) is 12.0 Å². The Kier molecular flexibility index (Phi) is 5.43. The summed E-state index contributed by atoms with van der Waals surface area (Å²) in [4.78, 5) is 11.8. The Labute approximate surface area is 112 Å². The molecule has 1 fully saturated rings. The van der Waals surface area contributed by atoms with Crippen LogP contribution in [-0.4, -0.2) is 12.6 Å². The lowest BCUT2D eigenvalue weighted by Crippen LogP contribution is -2.18. The average Bonchev–Trinajstić information content (AvgIpc) is 2.87. The van der Waals surface area contributed by atoms with Crippen LogP contribution in [0.15, 0.2) is 11.6 Å². The fourth-order valence-electron chi connectivity index (χ4n) is 2.18. The van der Waals surface area contributed by atoms with E-state index in [1.54, 1.807) is 0 Å². The van der Waals surface area contributed by atoms with E-state index in [1.165, 1.54) is 12.0 Å². The number of hydrogen-bond donors (Lipinski definition) is 0. The molecule has 0 heterocycles. The van der Waals surface area contributed by atoms with Crippen molar-refractivity contribution in [3.63, 3.8) is 0 Å². The van der Waals surface area contributed by atoms with Gasteiger partial charge in [-0.3, -0.25) is 4.79 Å². The third-order valence-electron chi connectivity index (χ3n) is 4.18. The van der Waals surface area contributed by atoms with Crippen LogP contribution < -0.4 is 0 Å². The fraction of sp³-hybridized carbons (Fsp3) is 0.812. The molecule has 1 unspecified atom stereocenters. The van der Waals surface area contributed by atoms with E-state index in [-0.39, 0.29) is 11.4 Å². The molecule has 1 rings (SSSR count). The van der Waals surface area contributed by atoms with Crippen LogP contribution in [0.1, 0.15) is 60.3 Å². The van der Waals surface area contributed by atoms with Crippen LogP contribution in [0.3, 0.4) is 0 Å². The molecular formula is C16H28O2. The van der Waals surface area contributed by atoms with E-state index in [1.807, 2.05) is 6.92 Å². The first-order valence-corrected chi connectivity index (χ1v) is 7.17. The van der Waals surface area contributed by atoms with Gasteiger partial charge in [0.1, 0.15) is 0 Å². The van der Waals surface area contributed by atoms with Crippen molar-refractivity contribution < 1.29 is 9.53 Å². The monoisotopic (exact) mass is 252 g/mol. The van der Waals surface area contributed by atoms with Gasteiger partial charge in [-0.2, -0.15) is 0 Å². The molecule has 1 saturated carbocycles. The molecule has 3 atom stereocenters. The summed E-state index contributed by atoms with van der Waals surface area (Å²) in [7, 11) is 0. The highest BCUT2D eigenvalue weighted by Gasteiger charge is 2.54. The number of esters is 1. The highest BCUT2D eigenvalue weighted by atomic mass is 16.5. The zero-order valence-electron chi connectivity index (χ0n) is 12.6. The molecule has 0 saturated heterocycles. The molecule has 0 aromatic heterocycles. The Morgan fingerprint density at radius 1 is 1.44 bits per heavy atom. The predicted molar refractivity (Wildman–Crippen MR) is 75.3 cm³/mol. The summed E-state index contributed by atoms with van der Waals surface area (Å²) in [5, 5.41) is 0. The minimum Gasteiger partial charge on any atom is -0.465 e. The van der Waals surface area contributed by atoms with Gasteiger partial charge >= 0.3 is 5.97 Å². The van der Waals surface area contributed by atoms with Crippen LogP contribution >= 0.6 is 0 Å². The molecule has 2 heteroatoms. The summed E-state index contributed by atoms with van der Waals surface area (Å²) in [6.45, 7) is 11.2. The van der Waals surface area contributed by atoms with Gasteiger partial charge in [-0.15, -0.1) is 0 Å². The zero-order valence-corrected chi connectivity index (χ0v) is 12.6. The van der Waals surface area contributed by atoms with Gasteiger partial charge in [-0.25, -0.2) is 0 Å². The summed E-state index contributed by atoms with van der Waals surface area (Å²) in [5.41, 5.74) is 1.20. The Bertz CT molecular complexity index is 315. The second kappa shape index (κ2) is 6.40. The Morgan fingerprint density at radius 3 is 2.56 bits per heavy atom. The molecule has 2 nitrogen and oxygen atoms in total. The number of carbonyl (C=O) groups is 1. The van der Waals surface area contributed by atoms with Gasteiger partial charge in [0.25, 0.3) is 0 Å². The Balaban J connectivity index is 2.10. The highest BCUT2D eigenvalue weighted by molar-refractivity contribution is 5.79. The maximum Gasteiger partial charge on any atom is 0.312 e. The van der Waals surface area contributed by atoms with Crippen molar-refractivity contribution in [2.45, 2.75) is 60.3 Å².